The van der Waals surface area contributed by atoms with E-state index < -0.39 is 0 Å². The molecule has 0 aliphatic carbocycles. The molecule has 1 rings (SSSR count). The monoisotopic (exact) mass is 197 g/mol. The first-order valence-electron chi connectivity index (χ1n) is 5.17. The predicted molar refractivity (Wildman–Crippen MR) is 59.6 cm³/mol. The third-order valence-corrected chi connectivity index (χ3v) is 3.56. The van der Waals surface area contributed by atoms with Crippen LogP contribution in [0.25, 0.3) is 0 Å². The summed E-state index contributed by atoms with van der Waals surface area (Å²) in [4.78, 5) is 6.17. The van der Waals surface area contributed by atoms with Gasteiger partial charge < -0.3 is 0 Å². The Morgan fingerprint density at radius 3 is 2.46 bits per heavy atom. The van der Waals surface area contributed by atoms with Gasteiger partial charge in [0, 0.05) is 10.8 Å². The molecule has 1 heterocycles. The van der Waals surface area contributed by atoms with Gasteiger partial charge in [-0.05, 0) is 12.8 Å². The van der Waals surface area contributed by atoms with Crippen LogP contribution < -0.4 is 0 Å². The smallest absolute Gasteiger partial charge is 0.0956 e. The zero-order valence-corrected chi connectivity index (χ0v) is 9.87. The molecule has 0 N–H and O–H groups in total. The van der Waals surface area contributed by atoms with Gasteiger partial charge in [0.1, 0.15) is 0 Å². The van der Waals surface area contributed by atoms with Crippen LogP contribution in [0.1, 0.15) is 55.6 Å². The molecule has 0 spiro atoms. The van der Waals surface area contributed by atoms with E-state index in [2.05, 4.69) is 32.7 Å². The van der Waals surface area contributed by atoms with Gasteiger partial charge in [0.15, 0.2) is 0 Å². The van der Waals surface area contributed by atoms with Crippen molar-refractivity contribution in [3.63, 3.8) is 0 Å². The predicted octanol–water partition coefficient (Wildman–Crippen LogP) is 3.78. The third-order valence-electron chi connectivity index (χ3n) is 2.10. The first kappa shape index (κ1) is 10.7. The quantitative estimate of drug-likeness (QED) is 0.716. The zero-order chi connectivity index (χ0) is 9.84. The number of hydrogen-bond donors (Lipinski definition) is 0. The van der Waals surface area contributed by atoms with E-state index in [-0.39, 0.29) is 0 Å². The van der Waals surface area contributed by atoms with Crippen molar-refractivity contribution in [2.24, 2.45) is 0 Å². The van der Waals surface area contributed by atoms with Crippen molar-refractivity contribution >= 4 is 11.3 Å². The lowest BCUT2D eigenvalue weighted by atomic mass is 10.2. The van der Waals surface area contributed by atoms with Crippen LogP contribution in [0.5, 0.6) is 0 Å². The standard InChI is InChI=1S/C11H19NS/c1-5-7-10-9(6-2)12-11(13-10)8(3)4/h8H,5-7H2,1-4H3. The Kier molecular flexibility index (Phi) is 3.91. The van der Waals surface area contributed by atoms with E-state index in [1.54, 1.807) is 0 Å². The van der Waals surface area contributed by atoms with Gasteiger partial charge in [-0.25, -0.2) is 4.98 Å². The van der Waals surface area contributed by atoms with Crippen LogP contribution in [-0.2, 0) is 12.8 Å². The molecule has 13 heavy (non-hydrogen) atoms. The highest BCUT2D eigenvalue weighted by Gasteiger charge is 2.10. The first-order valence-corrected chi connectivity index (χ1v) is 5.99. The van der Waals surface area contributed by atoms with Crippen molar-refractivity contribution in [1.29, 1.82) is 0 Å². The SMILES string of the molecule is CCCc1sc(C(C)C)nc1CC. The second kappa shape index (κ2) is 4.75. The molecule has 0 radical (unpaired) electrons. The van der Waals surface area contributed by atoms with Crippen molar-refractivity contribution in [2.45, 2.75) is 52.9 Å². The Labute approximate surface area is 85.2 Å². The molecule has 0 aliphatic heterocycles. The number of hydrogen-bond acceptors (Lipinski definition) is 2. The zero-order valence-electron chi connectivity index (χ0n) is 9.05. The van der Waals surface area contributed by atoms with Gasteiger partial charge in [-0.15, -0.1) is 11.3 Å². The number of nitrogens with zero attached hydrogens (tertiary/aromatic N) is 1. The normalized spacial score (nSPS) is 11.2. The molecule has 74 valence electrons. The molecule has 0 bridgehead atoms. The summed E-state index contributed by atoms with van der Waals surface area (Å²) in [7, 11) is 0. The van der Waals surface area contributed by atoms with Gasteiger partial charge in [-0.2, -0.15) is 0 Å². The minimum Gasteiger partial charge on any atom is -0.246 e. The highest BCUT2D eigenvalue weighted by atomic mass is 32.1. The molecular weight excluding hydrogens is 178 g/mol. The van der Waals surface area contributed by atoms with Crippen molar-refractivity contribution in [3.8, 4) is 0 Å². The molecule has 0 saturated heterocycles. The van der Waals surface area contributed by atoms with Gasteiger partial charge in [0.25, 0.3) is 0 Å². The minimum atomic E-state index is 0.584. The third kappa shape index (κ3) is 2.53. The largest absolute Gasteiger partial charge is 0.246 e. The average Bonchev–Trinajstić information content (AvgIpc) is 2.48. The molecule has 2 heteroatoms. The lowest BCUT2D eigenvalue weighted by Gasteiger charge is -1.95. The van der Waals surface area contributed by atoms with Crippen molar-refractivity contribution in [2.75, 3.05) is 0 Å². The number of aromatic nitrogens is 1. The minimum absolute atomic E-state index is 0.584. The second-order valence-electron chi connectivity index (χ2n) is 3.68. The molecule has 1 nitrogen and oxygen atoms in total. The molecule has 0 fully saturated rings. The average molecular weight is 197 g/mol. The van der Waals surface area contributed by atoms with Crippen LogP contribution in [0, 0.1) is 0 Å². The molecule has 0 unspecified atom stereocenters. The van der Waals surface area contributed by atoms with E-state index in [9.17, 15) is 0 Å². The van der Waals surface area contributed by atoms with Gasteiger partial charge >= 0.3 is 0 Å². The number of aryl methyl sites for hydroxylation is 2. The van der Waals surface area contributed by atoms with Crippen LogP contribution in [-0.4, -0.2) is 4.98 Å². The number of rotatable bonds is 4. The van der Waals surface area contributed by atoms with Crippen LogP contribution >= 0.6 is 11.3 Å². The van der Waals surface area contributed by atoms with Crippen LogP contribution in [0.3, 0.4) is 0 Å². The van der Waals surface area contributed by atoms with E-state index in [0.717, 1.165) is 6.42 Å². The van der Waals surface area contributed by atoms with Crippen LogP contribution in [0.2, 0.25) is 0 Å². The molecule has 0 aliphatic rings. The molecule has 0 saturated carbocycles. The van der Waals surface area contributed by atoms with Crippen molar-refractivity contribution in [3.05, 3.63) is 15.6 Å². The fourth-order valence-corrected chi connectivity index (χ4v) is 2.61. The Balaban J connectivity index is 2.90. The molecule has 1 aromatic rings. The highest BCUT2D eigenvalue weighted by molar-refractivity contribution is 7.11. The molecule has 0 amide bonds. The van der Waals surface area contributed by atoms with Crippen molar-refractivity contribution < 1.29 is 0 Å². The Hall–Kier alpha value is -0.370. The summed E-state index contributed by atoms with van der Waals surface area (Å²) in [5.41, 5.74) is 1.33. The fraction of sp³-hybridized carbons (Fsp3) is 0.727. The summed E-state index contributed by atoms with van der Waals surface area (Å²) in [5.74, 6) is 0.584. The summed E-state index contributed by atoms with van der Waals surface area (Å²) < 4.78 is 0. The maximum atomic E-state index is 4.67. The van der Waals surface area contributed by atoms with Crippen LogP contribution in [0.15, 0.2) is 0 Å². The van der Waals surface area contributed by atoms with E-state index in [0.29, 0.717) is 5.92 Å². The lowest BCUT2D eigenvalue weighted by Crippen LogP contribution is -1.89. The summed E-state index contributed by atoms with van der Waals surface area (Å²) in [6.07, 6.45) is 3.51. The van der Waals surface area contributed by atoms with Gasteiger partial charge in [0.05, 0.1) is 10.7 Å². The first-order chi connectivity index (χ1) is 6.19. The van der Waals surface area contributed by atoms with E-state index >= 15 is 0 Å². The second-order valence-corrected chi connectivity index (χ2v) is 4.80. The van der Waals surface area contributed by atoms with Crippen molar-refractivity contribution in [1.82, 2.24) is 4.98 Å². The fourth-order valence-electron chi connectivity index (χ4n) is 1.35. The Bertz CT molecular complexity index is 263. The maximum Gasteiger partial charge on any atom is 0.0956 e. The lowest BCUT2D eigenvalue weighted by molar-refractivity contribution is 0.834. The summed E-state index contributed by atoms with van der Waals surface area (Å²) in [5, 5.41) is 1.31. The summed E-state index contributed by atoms with van der Waals surface area (Å²) in [6, 6.07) is 0. The highest BCUT2D eigenvalue weighted by Crippen LogP contribution is 2.26. The topological polar surface area (TPSA) is 12.9 Å². The van der Waals surface area contributed by atoms with Gasteiger partial charge in [0.2, 0.25) is 0 Å². The molecule has 1 aromatic heterocycles. The van der Waals surface area contributed by atoms with E-state index in [1.807, 2.05) is 11.3 Å². The summed E-state index contributed by atoms with van der Waals surface area (Å²) >= 11 is 1.91. The molecule has 0 atom stereocenters. The van der Waals surface area contributed by atoms with Gasteiger partial charge in [-0.3, -0.25) is 0 Å². The molecular formula is C11H19NS. The van der Waals surface area contributed by atoms with Gasteiger partial charge in [-0.1, -0.05) is 34.1 Å². The Morgan fingerprint density at radius 2 is 2.00 bits per heavy atom. The summed E-state index contributed by atoms with van der Waals surface area (Å²) in [6.45, 7) is 8.86. The van der Waals surface area contributed by atoms with E-state index in [4.69, 9.17) is 0 Å². The maximum absolute atomic E-state index is 4.67. The number of thiazole rings is 1. The Morgan fingerprint density at radius 1 is 1.31 bits per heavy atom. The molecule has 0 aromatic carbocycles. The van der Waals surface area contributed by atoms with E-state index in [1.165, 1.54) is 28.4 Å². The van der Waals surface area contributed by atoms with Crippen LogP contribution in [0.4, 0.5) is 0 Å².